The van der Waals surface area contributed by atoms with Crippen LogP contribution in [-0.4, -0.2) is 16.7 Å². The molecule has 0 N–H and O–H groups in total. The molecule has 0 amide bonds. The van der Waals surface area contributed by atoms with E-state index in [4.69, 9.17) is 4.74 Å². The maximum atomic E-state index is 5.34. The number of hydrogen-bond donors (Lipinski definition) is 0. The van der Waals surface area contributed by atoms with E-state index in [1.165, 1.54) is 10.8 Å². The summed E-state index contributed by atoms with van der Waals surface area (Å²) in [4.78, 5) is 0. The molecule has 0 atom stereocenters. The fourth-order valence-corrected chi connectivity index (χ4v) is 2.68. The average molecular weight is 248 g/mol. The molecule has 0 unspecified atom stereocenters. The molecule has 3 nitrogen and oxygen atoms in total. The first-order chi connectivity index (χ1) is 9.38. The van der Waals surface area contributed by atoms with Crippen LogP contribution in [0.4, 0.5) is 0 Å². The van der Waals surface area contributed by atoms with Crippen LogP contribution in [0, 0.1) is 0 Å². The van der Waals surface area contributed by atoms with Gasteiger partial charge in [0, 0.05) is 10.8 Å². The van der Waals surface area contributed by atoms with Crippen molar-refractivity contribution in [2.24, 2.45) is 0 Å². The highest BCUT2D eigenvalue weighted by atomic mass is 16.5. The molecule has 4 rings (SSSR count). The van der Waals surface area contributed by atoms with Crippen molar-refractivity contribution in [3.05, 3.63) is 54.7 Å². The fourth-order valence-electron chi connectivity index (χ4n) is 2.68. The van der Waals surface area contributed by atoms with Crippen molar-refractivity contribution < 1.29 is 4.74 Å². The van der Waals surface area contributed by atoms with Crippen LogP contribution >= 0.6 is 0 Å². The summed E-state index contributed by atoms with van der Waals surface area (Å²) < 4.78 is 7.32. The first-order valence-electron chi connectivity index (χ1n) is 6.21. The van der Waals surface area contributed by atoms with Crippen LogP contribution < -0.4 is 4.74 Å². The van der Waals surface area contributed by atoms with E-state index in [1.54, 1.807) is 7.11 Å². The third kappa shape index (κ3) is 1.35. The van der Waals surface area contributed by atoms with E-state index < -0.39 is 0 Å². The number of aromatic nitrogens is 2. The maximum Gasteiger partial charge on any atom is 0.119 e. The lowest BCUT2D eigenvalue weighted by Gasteiger charge is -2.09. The smallest absolute Gasteiger partial charge is 0.119 e. The molecule has 0 aliphatic carbocycles. The van der Waals surface area contributed by atoms with Crippen LogP contribution in [0.3, 0.4) is 0 Å². The monoisotopic (exact) mass is 248 g/mol. The molecule has 0 saturated heterocycles. The van der Waals surface area contributed by atoms with Gasteiger partial charge in [-0.3, -0.25) is 0 Å². The first kappa shape index (κ1) is 10.4. The lowest BCUT2D eigenvalue weighted by Crippen LogP contribution is -1.93. The summed E-state index contributed by atoms with van der Waals surface area (Å²) in [5, 5.41) is 8.02. The zero-order valence-corrected chi connectivity index (χ0v) is 10.5. The van der Waals surface area contributed by atoms with Crippen molar-refractivity contribution in [1.29, 1.82) is 0 Å². The lowest BCUT2D eigenvalue weighted by atomic mass is 10.0. The average Bonchev–Trinajstić information content (AvgIpc) is 2.96. The summed E-state index contributed by atoms with van der Waals surface area (Å²) in [7, 11) is 1.69. The minimum absolute atomic E-state index is 0.865. The zero-order chi connectivity index (χ0) is 12.8. The van der Waals surface area contributed by atoms with Gasteiger partial charge in [-0.2, -0.15) is 5.10 Å². The molecule has 19 heavy (non-hydrogen) atoms. The van der Waals surface area contributed by atoms with Crippen LogP contribution in [0.2, 0.25) is 0 Å². The highest BCUT2D eigenvalue weighted by molar-refractivity contribution is 6.12. The number of methoxy groups -OCH3 is 1. The molecule has 0 aliphatic rings. The van der Waals surface area contributed by atoms with Crippen LogP contribution in [0.25, 0.3) is 27.2 Å². The minimum atomic E-state index is 0.865. The highest BCUT2D eigenvalue weighted by Crippen LogP contribution is 2.31. The van der Waals surface area contributed by atoms with Crippen molar-refractivity contribution >= 4 is 27.2 Å². The second kappa shape index (κ2) is 3.72. The predicted molar refractivity (Wildman–Crippen MR) is 76.8 cm³/mol. The van der Waals surface area contributed by atoms with Gasteiger partial charge >= 0.3 is 0 Å². The maximum absolute atomic E-state index is 5.34. The van der Waals surface area contributed by atoms with E-state index in [0.717, 1.165) is 22.2 Å². The molecule has 0 saturated carbocycles. The number of hydrogen-bond acceptors (Lipinski definition) is 2. The van der Waals surface area contributed by atoms with Crippen LogP contribution in [0.5, 0.6) is 5.75 Å². The van der Waals surface area contributed by atoms with Gasteiger partial charge in [0.2, 0.25) is 0 Å². The number of nitrogens with zero attached hydrogens (tertiary/aromatic N) is 2. The molecule has 92 valence electrons. The quantitative estimate of drug-likeness (QED) is 0.481. The van der Waals surface area contributed by atoms with Gasteiger partial charge in [-0.25, -0.2) is 4.52 Å². The van der Waals surface area contributed by atoms with Crippen molar-refractivity contribution in [3.8, 4) is 5.75 Å². The van der Waals surface area contributed by atoms with Gasteiger partial charge in [0.1, 0.15) is 5.75 Å². The number of ether oxygens (including phenoxy) is 1. The summed E-state index contributed by atoms with van der Waals surface area (Å²) in [5.41, 5.74) is 2.23. The van der Waals surface area contributed by atoms with Crippen LogP contribution in [0.15, 0.2) is 54.7 Å². The molecular formula is C16H12N2O. The number of fused-ring (bicyclic) bond motifs is 6. The third-order valence-corrected chi connectivity index (χ3v) is 3.57. The molecule has 0 fully saturated rings. The predicted octanol–water partition coefficient (Wildman–Crippen LogP) is 3.65. The Labute approximate surface area is 110 Å². The van der Waals surface area contributed by atoms with Crippen molar-refractivity contribution in [3.63, 3.8) is 0 Å². The lowest BCUT2D eigenvalue weighted by molar-refractivity contribution is 0.415. The number of pyridine rings is 1. The van der Waals surface area contributed by atoms with Crippen molar-refractivity contribution in [2.75, 3.05) is 7.11 Å². The molecule has 3 heteroatoms. The van der Waals surface area contributed by atoms with Crippen LogP contribution in [-0.2, 0) is 0 Å². The van der Waals surface area contributed by atoms with Crippen LogP contribution in [0.1, 0.15) is 0 Å². The second-order valence-electron chi connectivity index (χ2n) is 4.56. The summed E-state index contributed by atoms with van der Waals surface area (Å²) in [6.07, 6.45) is 1.84. The largest absolute Gasteiger partial charge is 0.497 e. The van der Waals surface area contributed by atoms with Gasteiger partial charge in [0.25, 0.3) is 0 Å². The van der Waals surface area contributed by atoms with Crippen molar-refractivity contribution in [2.45, 2.75) is 0 Å². The normalized spacial score (nSPS) is 11.4. The van der Waals surface area contributed by atoms with Gasteiger partial charge in [0.05, 0.1) is 24.3 Å². The van der Waals surface area contributed by atoms with E-state index >= 15 is 0 Å². The van der Waals surface area contributed by atoms with E-state index in [9.17, 15) is 0 Å². The van der Waals surface area contributed by atoms with E-state index in [0.29, 0.717) is 0 Å². The Hall–Kier alpha value is -2.55. The van der Waals surface area contributed by atoms with E-state index in [1.807, 2.05) is 22.8 Å². The van der Waals surface area contributed by atoms with Gasteiger partial charge in [-0.05, 0) is 29.7 Å². The Morgan fingerprint density at radius 3 is 2.53 bits per heavy atom. The molecule has 4 aromatic rings. The topological polar surface area (TPSA) is 26.5 Å². The third-order valence-electron chi connectivity index (χ3n) is 3.57. The summed E-state index contributed by atoms with van der Waals surface area (Å²) in [5.74, 6) is 0.865. The van der Waals surface area contributed by atoms with Gasteiger partial charge in [0.15, 0.2) is 0 Å². The summed E-state index contributed by atoms with van der Waals surface area (Å²) >= 11 is 0. The van der Waals surface area contributed by atoms with Gasteiger partial charge < -0.3 is 4.74 Å². The Bertz CT molecular complexity index is 908. The molecule has 0 bridgehead atoms. The van der Waals surface area contributed by atoms with E-state index in [-0.39, 0.29) is 0 Å². The molecule has 2 aromatic heterocycles. The van der Waals surface area contributed by atoms with E-state index in [2.05, 4.69) is 41.5 Å². The number of rotatable bonds is 1. The standard InChI is InChI=1S/C16H12N2O/c1-19-11-6-7-15-14(10-11)12-4-2-3-5-13(12)16-8-9-17-18(15)16/h2-10H,1H3. The highest BCUT2D eigenvalue weighted by Gasteiger charge is 2.09. The molecule has 2 heterocycles. The van der Waals surface area contributed by atoms with Gasteiger partial charge in [-0.1, -0.05) is 24.3 Å². The van der Waals surface area contributed by atoms with Crippen molar-refractivity contribution in [1.82, 2.24) is 9.61 Å². The summed E-state index contributed by atoms with van der Waals surface area (Å²) in [6.45, 7) is 0. The Morgan fingerprint density at radius 2 is 1.68 bits per heavy atom. The summed E-state index contributed by atoms with van der Waals surface area (Å²) in [6, 6.07) is 16.5. The molecule has 0 radical (unpaired) electrons. The molecular weight excluding hydrogens is 236 g/mol. The minimum Gasteiger partial charge on any atom is -0.497 e. The zero-order valence-electron chi connectivity index (χ0n) is 10.5. The second-order valence-corrected chi connectivity index (χ2v) is 4.56. The Kier molecular flexibility index (Phi) is 2.03. The molecule has 0 aliphatic heterocycles. The molecule has 2 aromatic carbocycles. The Morgan fingerprint density at radius 1 is 0.895 bits per heavy atom. The molecule has 0 spiro atoms. The Balaban J connectivity index is 2.35. The SMILES string of the molecule is COc1ccc2c(c1)c1ccccc1c1ccnn12. The fraction of sp³-hybridized carbons (Fsp3) is 0.0625. The number of benzene rings is 2. The van der Waals surface area contributed by atoms with Gasteiger partial charge in [-0.15, -0.1) is 0 Å². The first-order valence-corrected chi connectivity index (χ1v) is 6.21.